The summed E-state index contributed by atoms with van der Waals surface area (Å²) in [5.74, 6) is -7.59. The summed E-state index contributed by atoms with van der Waals surface area (Å²) in [5, 5.41) is -11.8. The molecule has 43 heavy (non-hydrogen) atoms. The molecule has 0 spiro atoms. The first-order valence-corrected chi connectivity index (χ1v) is 15.2. The van der Waals surface area contributed by atoms with Crippen LogP contribution in [0.25, 0.3) is 16.8 Å². The van der Waals surface area contributed by atoms with Crippen LogP contribution in [0.2, 0.25) is 0 Å². The zero-order valence-corrected chi connectivity index (χ0v) is 24.1. The second-order valence-corrected chi connectivity index (χ2v) is 12.3. The van der Waals surface area contributed by atoms with Gasteiger partial charge < -0.3 is 13.7 Å². The zero-order chi connectivity index (χ0) is 32.4. The predicted octanol–water partition coefficient (Wildman–Crippen LogP) is 7.18. The second kappa shape index (κ2) is 12.3. The first-order chi connectivity index (χ1) is 19.8. The average Bonchev–Trinajstić information content (AvgIpc) is 2.92. The second-order valence-electron chi connectivity index (χ2n) is 9.28. The largest absolute Gasteiger partial charge is 0.465 e. The molecule has 0 heterocycles. The molecule has 3 aromatic carbocycles. The van der Waals surface area contributed by atoms with Crippen molar-refractivity contribution in [1.29, 1.82) is 0 Å². The van der Waals surface area contributed by atoms with Gasteiger partial charge in [0.15, 0.2) is 6.29 Å². The third-order valence-electron chi connectivity index (χ3n) is 6.14. The number of fused-ring (bicyclic) bond motifs is 1. The monoisotopic (exact) mass is 656 g/mol. The van der Waals surface area contributed by atoms with Crippen molar-refractivity contribution < 1.29 is 61.4 Å². The van der Waals surface area contributed by atoms with E-state index in [0.717, 1.165) is 40.6 Å². The van der Waals surface area contributed by atoms with Gasteiger partial charge in [0.25, 0.3) is 0 Å². The van der Waals surface area contributed by atoms with Crippen LogP contribution in [-0.2, 0) is 25.0 Å². The summed E-state index contributed by atoms with van der Waals surface area (Å²) in [5.41, 5.74) is 1.28. The van der Waals surface area contributed by atoms with E-state index in [4.69, 9.17) is 14.0 Å². The van der Waals surface area contributed by atoms with Gasteiger partial charge >= 0.3 is 36.7 Å². The lowest BCUT2D eigenvalue weighted by Gasteiger charge is -2.29. The fourth-order valence-electron chi connectivity index (χ4n) is 3.75. The zero-order valence-electron chi connectivity index (χ0n) is 22.5. The van der Waals surface area contributed by atoms with Crippen molar-refractivity contribution in [3.8, 4) is 11.5 Å². The molecule has 0 saturated heterocycles. The molecule has 2 unspecified atom stereocenters. The van der Waals surface area contributed by atoms with Crippen molar-refractivity contribution in [3.63, 3.8) is 0 Å². The van der Waals surface area contributed by atoms with Crippen LogP contribution in [0.3, 0.4) is 0 Å². The van der Waals surface area contributed by atoms with Crippen LogP contribution in [0.5, 0.6) is 11.5 Å². The number of ether oxygens (including phenoxy) is 2. The van der Waals surface area contributed by atoms with Gasteiger partial charge in [0, 0.05) is 6.42 Å². The molecule has 8 nitrogen and oxygen atoms in total. The molecular weight excluding hydrogens is 630 g/mol. The Morgan fingerprint density at radius 2 is 1.42 bits per heavy atom. The third kappa shape index (κ3) is 6.92. The highest BCUT2D eigenvalue weighted by molar-refractivity contribution is 7.88. The Kier molecular flexibility index (Phi) is 9.80. The molecule has 0 saturated carbocycles. The number of hydrogen-bond donors (Lipinski definition) is 1. The highest BCUT2D eigenvalue weighted by atomic mass is 32.2. The van der Waals surface area contributed by atoms with Crippen molar-refractivity contribution in [2.24, 2.45) is 0 Å². The first kappa shape index (κ1) is 34.2. The average molecular weight is 657 g/mol. The van der Waals surface area contributed by atoms with Crippen LogP contribution in [-0.4, -0.2) is 44.1 Å². The molecule has 0 aliphatic carbocycles. The quantitative estimate of drug-likeness (QED) is 0.0840. The molecule has 3 rings (SSSR count). The minimum absolute atomic E-state index is 0.333. The van der Waals surface area contributed by atoms with E-state index in [2.05, 4.69) is 10.8 Å². The van der Waals surface area contributed by atoms with E-state index in [-0.39, 0.29) is 0 Å². The summed E-state index contributed by atoms with van der Waals surface area (Å²) in [6.07, 6.45) is 1.34. The molecule has 3 aromatic rings. The first-order valence-electron chi connectivity index (χ1n) is 12.4. The van der Waals surface area contributed by atoms with Gasteiger partial charge in [-0.3, -0.25) is 4.55 Å². The highest BCUT2D eigenvalue weighted by Gasteiger charge is 2.83. The SMILES string of the molecule is C=Cc1ccc2cc(OC(CCC)OC(C)c3ccc(OS(=O)(=O)C(F)(F)C(F)(F)C(F)(F)S(=O)(=O)O)cc3)ccc2c1. The topological polar surface area (TPSA) is 116 Å². The fourth-order valence-corrected chi connectivity index (χ4v) is 5.18. The number of halogens is 6. The van der Waals surface area contributed by atoms with Crippen LogP contribution < -0.4 is 8.92 Å². The Morgan fingerprint density at radius 1 is 0.860 bits per heavy atom. The molecule has 2 atom stereocenters. The van der Waals surface area contributed by atoms with E-state index in [1.54, 1.807) is 19.1 Å². The van der Waals surface area contributed by atoms with E-state index in [9.17, 15) is 43.2 Å². The van der Waals surface area contributed by atoms with Gasteiger partial charge in [-0.25, -0.2) is 0 Å². The van der Waals surface area contributed by atoms with E-state index < -0.39 is 54.8 Å². The Balaban J connectivity index is 1.74. The van der Waals surface area contributed by atoms with Crippen molar-refractivity contribution in [1.82, 2.24) is 0 Å². The van der Waals surface area contributed by atoms with Gasteiger partial charge in [-0.2, -0.15) is 43.2 Å². The van der Waals surface area contributed by atoms with Crippen molar-refractivity contribution >= 4 is 37.1 Å². The molecule has 0 radical (unpaired) electrons. The number of alkyl halides is 6. The Labute approximate surface area is 243 Å². The Bertz CT molecular complexity index is 1680. The summed E-state index contributed by atoms with van der Waals surface area (Å²) in [6, 6.07) is 15.0. The van der Waals surface area contributed by atoms with E-state index in [1.807, 2.05) is 37.3 Å². The molecule has 16 heteroatoms. The fraction of sp³-hybridized carbons (Fsp3) is 0.333. The van der Waals surface area contributed by atoms with Crippen LogP contribution >= 0.6 is 0 Å². The van der Waals surface area contributed by atoms with E-state index in [1.165, 1.54) is 0 Å². The van der Waals surface area contributed by atoms with Gasteiger partial charge in [0.2, 0.25) is 0 Å². The van der Waals surface area contributed by atoms with Crippen LogP contribution in [0.1, 0.15) is 43.9 Å². The highest BCUT2D eigenvalue weighted by Crippen LogP contribution is 2.51. The lowest BCUT2D eigenvalue weighted by molar-refractivity contribution is -0.247. The lowest BCUT2D eigenvalue weighted by Crippen LogP contribution is -2.61. The van der Waals surface area contributed by atoms with Crippen LogP contribution in [0.4, 0.5) is 26.3 Å². The van der Waals surface area contributed by atoms with E-state index in [0.29, 0.717) is 24.2 Å². The Hall–Kier alpha value is -3.34. The molecular formula is C27H26F6O8S2. The summed E-state index contributed by atoms with van der Waals surface area (Å²) in [6.45, 7) is 7.21. The van der Waals surface area contributed by atoms with E-state index >= 15 is 0 Å². The standard InChI is InChI=1S/C27H26F6O8S2/c1-4-6-24(40-23-14-11-20-15-18(5-2)7-8-21(20)16-23)39-17(3)19-9-12-22(13-10-19)41-43(37,38)27(32,33)25(28,29)26(30,31)42(34,35)36/h5,7-17,24H,2,4,6H2,1,3H3,(H,34,35,36). The van der Waals surface area contributed by atoms with Gasteiger partial charge in [0.05, 0.1) is 6.10 Å². The molecule has 0 fully saturated rings. The maximum atomic E-state index is 14.1. The molecule has 236 valence electrons. The molecule has 0 aliphatic rings. The number of benzene rings is 3. The number of hydrogen-bond acceptors (Lipinski definition) is 7. The summed E-state index contributed by atoms with van der Waals surface area (Å²) in [7, 11) is -14.1. The number of rotatable bonds is 14. The van der Waals surface area contributed by atoms with Crippen LogP contribution in [0, 0.1) is 0 Å². The van der Waals surface area contributed by atoms with Gasteiger partial charge in [-0.15, -0.1) is 0 Å². The van der Waals surface area contributed by atoms with Crippen LogP contribution in [0.15, 0.2) is 67.2 Å². The molecule has 0 aliphatic heterocycles. The van der Waals surface area contributed by atoms with Gasteiger partial charge in [-0.05, 0) is 59.2 Å². The lowest BCUT2D eigenvalue weighted by atomic mass is 10.1. The smallest absolute Gasteiger partial charge is 0.450 e. The van der Waals surface area contributed by atoms with Gasteiger partial charge in [-0.1, -0.05) is 56.3 Å². The summed E-state index contributed by atoms with van der Waals surface area (Å²) in [4.78, 5) is 0. The van der Waals surface area contributed by atoms with Crippen molar-refractivity contribution in [2.75, 3.05) is 0 Å². The summed E-state index contributed by atoms with van der Waals surface area (Å²) < 4.78 is 151. The molecule has 0 aromatic heterocycles. The normalized spacial score (nSPS) is 14.7. The Morgan fingerprint density at radius 3 is 1.98 bits per heavy atom. The molecule has 0 amide bonds. The third-order valence-corrected chi connectivity index (χ3v) is 8.34. The van der Waals surface area contributed by atoms with Crippen molar-refractivity contribution in [3.05, 3.63) is 78.4 Å². The predicted molar refractivity (Wildman–Crippen MR) is 145 cm³/mol. The summed E-state index contributed by atoms with van der Waals surface area (Å²) >= 11 is 0. The van der Waals surface area contributed by atoms with Gasteiger partial charge in [0.1, 0.15) is 11.5 Å². The van der Waals surface area contributed by atoms with Crippen molar-refractivity contribution in [2.45, 2.75) is 55.5 Å². The minimum atomic E-state index is -7.15. The molecule has 0 bridgehead atoms. The molecule has 1 N–H and O–H groups in total. The maximum Gasteiger partial charge on any atom is 0.450 e. The maximum absolute atomic E-state index is 14.1. The minimum Gasteiger partial charge on any atom is -0.465 e.